The van der Waals surface area contributed by atoms with Gasteiger partial charge in [0.1, 0.15) is 11.6 Å². The summed E-state index contributed by atoms with van der Waals surface area (Å²) in [6, 6.07) is 45.7. The van der Waals surface area contributed by atoms with Gasteiger partial charge in [-0.1, -0.05) is 77.9 Å². The van der Waals surface area contributed by atoms with Crippen LogP contribution in [-0.4, -0.2) is 9.97 Å². The molecule has 0 unspecified atom stereocenters. The first-order chi connectivity index (χ1) is 22.6. The summed E-state index contributed by atoms with van der Waals surface area (Å²) < 4.78 is 2.33. The van der Waals surface area contributed by atoms with Gasteiger partial charge >= 0.3 is 21.1 Å². The molecule has 6 heteroatoms. The van der Waals surface area contributed by atoms with E-state index < -0.39 is 0 Å². The van der Waals surface area contributed by atoms with Crippen LogP contribution in [0.25, 0.3) is 20.2 Å². The molecule has 0 spiro atoms. The van der Waals surface area contributed by atoms with Crippen molar-refractivity contribution in [1.29, 1.82) is 0 Å². The number of thiophene rings is 1. The summed E-state index contributed by atoms with van der Waals surface area (Å²) in [4.78, 5) is 14.1. The quantitative estimate of drug-likeness (QED) is 0.156. The molecule has 0 aliphatic heterocycles. The van der Waals surface area contributed by atoms with Crippen molar-refractivity contribution < 1.29 is 21.1 Å². The Morgan fingerprint density at radius 1 is 0.521 bits per heavy atom. The number of benzene rings is 4. The summed E-state index contributed by atoms with van der Waals surface area (Å²) in [6.07, 6.45) is 3.82. The van der Waals surface area contributed by atoms with E-state index in [1.807, 2.05) is 24.5 Å². The third-order valence-corrected chi connectivity index (χ3v) is 9.57. The Labute approximate surface area is 302 Å². The zero-order chi connectivity index (χ0) is 32.8. The molecule has 0 bridgehead atoms. The molecule has 7 aromatic rings. The van der Waals surface area contributed by atoms with Gasteiger partial charge in [-0.2, -0.15) is 12.1 Å². The van der Waals surface area contributed by atoms with E-state index in [1.54, 1.807) is 11.3 Å². The molecule has 0 radical (unpaired) electrons. The maximum absolute atomic E-state index is 4.85. The van der Waals surface area contributed by atoms with Crippen LogP contribution in [0.2, 0.25) is 0 Å². The van der Waals surface area contributed by atoms with Crippen LogP contribution in [0.3, 0.4) is 0 Å². The van der Waals surface area contributed by atoms with Crippen molar-refractivity contribution in [3.05, 3.63) is 145 Å². The number of aromatic nitrogens is 2. The second kappa shape index (κ2) is 13.3. The fourth-order valence-corrected chi connectivity index (χ4v) is 6.84. The molecule has 0 atom stereocenters. The molecule has 0 amide bonds. The molecule has 0 saturated heterocycles. The van der Waals surface area contributed by atoms with Crippen molar-refractivity contribution in [3.63, 3.8) is 0 Å². The molecule has 0 N–H and O–H groups in total. The van der Waals surface area contributed by atoms with Crippen LogP contribution in [0.4, 0.5) is 34.4 Å². The van der Waals surface area contributed by atoms with Gasteiger partial charge in [-0.05, 0) is 81.9 Å². The maximum atomic E-state index is 4.85. The van der Waals surface area contributed by atoms with Gasteiger partial charge in [-0.25, -0.2) is 20.7 Å². The topological polar surface area (TPSA) is 32.3 Å². The van der Waals surface area contributed by atoms with Gasteiger partial charge in [-0.3, -0.25) is 11.3 Å². The van der Waals surface area contributed by atoms with Gasteiger partial charge in [-0.15, -0.1) is 33.7 Å². The third-order valence-electron chi connectivity index (χ3n) is 8.45. The standard InChI is InChI=1S/C42H38N4S.Pt/c1-41(2,3)29-21-23-43-39(25-29)45(31-13-9-7-10-14-31)33-17-19-37-35(27-33)36-28-34(18-20-38(36)47-37)46(32-15-11-8-12-16-32)40-26-30(22-24-44-40)42(4,5)6;/h7-26H,1-6H3;/q-2;+2. The molecule has 0 aliphatic carbocycles. The van der Waals surface area contributed by atoms with E-state index in [-0.39, 0.29) is 31.9 Å². The minimum atomic E-state index is -0.00544. The summed E-state index contributed by atoms with van der Waals surface area (Å²) in [7, 11) is 0. The minimum Gasteiger partial charge on any atom is -0.314 e. The van der Waals surface area contributed by atoms with Crippen molar-refractivity contribution in [2.24, 2.45) is 0 Å². The number of hydrogen-bond acceptors (Lipinski definition) is 5. The molecular weight excluding hydrogens is 788 g/mol. The van der Waals surface area contributed by atoms with E-state index in [4.69, 9.17) is 9.97 Å². The molecule has 3 heterocycles. The fourth-order valence-electron chi connectivity index (χ4n) is 5.82. The molecular formula is C42H38N4PtS. The number of fused-ring (bicyclic) bond motifs is 3. The predicted molar refractivity (Wildman–Crippen MR) is 199 cm³/mol. The average Bonchev–Trinajstić information content (AvgIpc) is 3.43. The SMILES string of the molecule is CC(C)(C)c1ccnc(N(c2[c-]c3c(cc2)sc2ccc(N(c4ccccc4)c4cc(C(C)(C)C)ccn4)[c-]c23)c2ccccc2)c1.[Pt+2]. The number of rotatable bonds is 6. The Morgan fingerprint density at radius 3 is 1.29 bits per heavy atom. The number of hydrogen-bond donors (Lipinski definition) is 0. The van der Waals surface area contributed by atoms with E-state index in [9.17, 15) is 0 Å². The first-order valence-corrected chi connectivity index (χ1v) is 16.8. The number of pyridine rings is 2. The third kappa shape index (κ3) is 6.67. The Kier molecular flexibility index (Phi) is 9.31. The second-order valence-corrected chi connectivity index (χ2v) is 15.0. The summed E-state index contributed by atoms with van der Waals surface area (Å²) >= 11 is 1.77. The normalized spacial score (nSPS) is 11.8. The van der Waals surface area contributed by atoms with E-state index in [2.05, 4.69) is 161 Å². The molecule has 7 rings (SSSR count). The van der Waals surface area contributed by atoms with Crippen LogP contribution in [0.5, 0.6) is 0 Å². The molecule has 48 heavy (non-hydrogen) atoms. The smallest absolute Gasteiger partial charge is 0.314 e. The van der Waals surface area contributed by atoms with E-state index in [1.165, 1.54) is 20.5 Å². The summed E-state index contributed by atoms with van der Waals surface area (Å²) in [5, 5.41) is 2.09. The van der Waals surface area contributed by atoms with Gasteiger partial charge in [0.05, 0.1) is 0 Å². The number of anilines is 6. The molecule has 4 nitrogen and oxygen atoms in total. The van der Waals surface area contributed by atoms with Crippen LogP contribution in [-0.2, 0) is 31.9 Å². The van der Waals surface area contributed by atoms with Crippen LogP contribution in [0, 0.1) is 12.1 Å². The summed E-state index contributed by atoms with van der Waals surface area (Å²) in [6.45, 7) is 13.4. The number of para-hydroxylation sites is 2. The van der Waals surface area contributed by atoms with Gasteiger partial charge in [0.25, 0.3) is 0 Å². The molecule has 0 fully saturated rings. The van der Waals surface area contributed by atoms with Crippen molar-refractivity contribution in [2.45, 2.75) is 52.4 Å². The largest absolute Gasteiger partial charge is 2.00 e. The van der Waals surface area contributed by atoms with Gasteiger partial charge < -0.3 is 9.80 Å². The Hall–Kier alpha value is -4.31. The molecule has 0 saturated carbocycles. The summed E-state index contributed by atoms with van der Waals surface area (Å²) in [5.74, 6) is 1.73. The van der Waals surface area contributed by atoms with Crippen molar-refractivity contribution in [1.82, 2.24) is 9.97 Å². The second-order valence-electron chi connectivity index (χ2n) is 13.9. The van der Waals surface area contributed by atoms with Crippen molar-refractivity contribution in [2.75, 3.05) is 9.80 Å². The van der Waals surface area contributed by atoms with Crippen LogP contribution >= 0.6 is 11.3 Å². The number of nitrogens with zero attached hydrogens (tertiary/aromatic N) is 4. The van der Waals surface area contributed by atoms with Crippen LogP contribution < -0.4 is 9.80 Å². The zero-order valence-electron chi connectivity index (χ0n) is 28.1. The van der Waals surface area contributed by atoms with E-state index in [0.29, 0.717) is 0 Å². The van der Waals surface area contributed by atoms with E-state index >= 15 is 0 Å². The van der Waals surface area contributed by atoms with E-state index in [0.717, 1.165) is 45.2 Å². The average molecular weight is 826 g/mol. The molecule has 4 aromatic carbocycles. The van der Waals surface area contributed by atoms with Crippen LogP contribution in [0.15, 0.2) is 122 Å². The Balaban J connectivity index is 0.00000401. The minimum absolute atomic E-state index is 0. The Bertz CT molecular complexity index is 2020. The van der Waals surface area contributed by atoms with Gasteiger partial charge in [0.2, 0.25) is 0 Å². The molecule has 3 aromatic heterocycles. The van der Waals surface area contributed by atoms with Gasteiger partial charge in [0.15, 0.2) is 0 Å². The maximum Gasteiger partial charge on any atom is 2.00 e. The fraction of sp³-hybridized carbons (Fsp3) is 0.190. The first-order valence-electron chi connectivity index (χ1n) is 16.0. The monoisotopic (exact) mass is 825 g/mol. The Morgan fingerprint density at radius 2 is 0.917 bits per heavy atom. The molecule has 242 valence electrons. The van der Waals surface area contributed by atoms with Crippen molar-refractivity contribution in [3.8, 4) is 0 Å². The van der Waals surface area contributed by atoms with Crippen LogP contribution in [0.1, 0.15) is 52.7 Å². The van der Waals surface area contributed by atoms with Crippen molar-refractivity contribution >= 4 is 65.9 Å². The summed E-state index contributed by atoms with van der Waals surface area (Å²) in [5.41, 5.74) is 6.38. The first kappa shape index (κ1) is 33.6. The van der Waals surface area contributed by atoms with Gasteiger partial charge in [0, 0.05) is 23.8 Å². The zero-order valence-corrected chi connectivity index (χ0v) is 31.1. The predicted octanol–water partition coefficient (Wildman–Crippen LogP) is 12.0. The molecule has 0 aliphatic rings.